The number of rotatable bonds is 6. The van der Waals surface area contributed by atoms with Crippen LogP contribution < -0.4 is 11.1 Å². The molecule has 1 aliphatic carbocycles. The van der Waals surface area contributed by atoms with Crippen LogP contribution in [0.15, 0.2) is 22.2 Å². The molecule has 27 heavy (non-hydrogen) atoms. The molecular formula is C16H20F3N7S. The van der Waals surface area contributed by atoms with Crippen molar-refractivity contribution in [3.05, 3.63) is 17.3 Å². The largest absolute Gasteiger partial charge is 0.431 e. The van der Waals surface area contributed by atoms with Crippen LogP contribution in [0.1, 0.15) is 32.1 Å². The van der Waals surface area contributed by atoms with Gasteiger partial charge in [-0.1, -0.05) is 24.5 Å². The van der Waals surface area contributed by atoms with E-state index in [0.717, 1.165) is 37.2 Å². The Labute approximate surface area is 157 Å². The van der Waals surface area contributed by atoms with E-state index in [4.69, 9.17) is 11.1 Å². The predicted molar refractivity (Wildman–Crippen MR) is 98.7 cm³/mol. The normalized spacial score (nSPS) is 17.0. The summed E-state index contributed by atoms with van der Waals surface area (Å²) in [5.41, 5.74) is 5.58. The molecule has 0 spiro atoms. The van der Waals surface area contributed by atoms with Gasteiger partial charge in [0, 0.05) is 28.5 Å². The average Bonchev–Trinajstić information content (AvgIpc) is 3.09. The van der Waals surface area contributed by atoms with Crippen LogP contribution in [0, 0.1) is 5.41 Å². The number of nitrogens with two attached hydrogens (primary N) is 1. The molecule has 3 rings (SSSR count). The molecule has 2 aromatic heterocycles. The highest BCUT2D eigenvalue weighted by molar-refractivity contribution is 7.99. The van der Waals surface area contributed by atoms with E-state index in [1.807, 2.05) is 0 Å². The van der Waals surface area contributed by atoms with Gasteiger partial charge in [0.1, 0.15) is 17.0 Å². The number of hydrogen-bond donors (Lipinski definition) is 4. The van der Waals surface area contributed by atoms with Crippen LogP contribution in [0.4, 0.5) is 19.0 Å². The summed E-state index contributed by atoms with van der Waals surface area (Å²) in [4.78, 5) is 4.59. The summed E-state index contributed by atoms with van der Waals surface area (Å²) < 4.78 is 40.8. The number of anilines is 1. The van der Waals surface area contributed by atoms with E-state index in [9.17, 15) is 13.2 Å². The SMILES string of the molecule is N=C/C(CSc1cc(N)nc2[nH]nnc12)=C(\NC1CCCCC1)C(F)(F)F. The lowest BCUT2D eigenvalue weighted by atomic mass is 9.95. The predicted octanol–water partition coefficient (Wildman–Crippen LogP) is 3.42. The van der Waals surface area contributed by atoms with Gasteiger partial charge >= 0.3 is 6.18 Å². The zero-order valence-corrected chi connectivity index (χ0v) is 15.3. The van der Waals surface area contributed by atoms with Gasteiger partial charge in [-0.2, -0.15) is 13.2 Å². The van der Waals surface area contributed by atoms with Gasteiger partial charge < -0.3 is 16.5 Å². The number of halogens is 3. The minimum atomic E-state index is -4.55. The Hall–Kier alpha value is -2.30. The van der Waals surface area contributed by atoms with Crippen LogP contribution in [-0.4, -0.2) is 44.6 Å². The van der Waals surface area contributed by atoms with Crippen LogP contribution >= 0.6 is 11.8 Å². The van der Waals surface area contributed by atoms with Crippen LogP contribution in [-0.2, 0) is 0 Å². The fourth-order valence-corrected chi connectivity index (χ4v) is 4.11. The second-order valence-corrected chi connectivity index (χ2v) is 7.38. The monoisotopic (exact) mass is 399 g/mol. The summed E-state index contributed by atoms with van der Waals surface area (Å²) in [6.07, 6.45) is 0.502. The Bertz CT molecular complexity index is 840. The highest BCUT2D eigenvalue weighted by Crippen LogP contribution is 2.32. The fourth-order valence-electron chi connectivity index (χ4n) is 3.09. The van der Waals surface area contributed by atoms with E-state index < -0.39 is 11.9 Å². The van der Waals surface area contributed by atoms with Crippen molar-refractivity contribution in [2.24, 2.45) is 0 Å². The van der Waals surface area contributed by atoms with Crippen molar-refractivity contribution in [2.75, 3.05) is 11.5 Å². The molecule has 7 nitrogen and oxygen atoms in total. The molecule has 0 bridgehead atoms. The first-order chi connectivity index (χ1) is 12.9. The van der Waals surface area contributed by atoms with Gasteiger partial charge in [-0.05, 0) is 18.9 Å². The number of thioether (sulfide) groups is 1. The number of pyridine rings is 1. The summed E-state index contributed by atoms with van der Waals surface area (Å²) in [6.45, 7) is 0. The summed E-state index contributed by atoms with van der Waals surface area (Å²) in [5.74, 6) is 0.163. The molecular weight excluding hydrogens is 379 g/mol. The van der Waals surface area contributed by atoms with E-state index >= 15 is 0 Å². The zero-order valence-electron chi connectivity index (χ0n) is 14.4. The first-order valence-corrected chi connectivity index (χ1v) is 9.54. The Kier molecular flexibility index (Phi) is 5.88. The van der Waals surface area contributed by atoms with E-state index in [0.29, 0.717) is 28.9 Å². The van der Waals surface area contributed by atoms with Crippen LogP contribution in [0.3, 0.4) is 0 Å². The minimum Gasteiger partial charge on any atom is -0.384 e. The third kappa shape index (κ3) is 4.71. The molecule has 146 valence electrons. The molecule has 2 aromatic rings. The molecule has 0 aromatic carbocycles. The van der Waals surface area contributed by atoms with E-state index in [-0.39, 0.29) is 23.2 Å². The molecule has 5 N–H and O–H groups in total. The molecule has 0 radical (unpaired) electrons. The first-order valence-electron chi connectivity index (χ1n) is 8.56. The lowest BCUT2D eigenvalue weighted by Gasteiger charge is -2.27. The fraction of sp³-hybridized carbons (Fsp3) is 0.500. The molecule has 0 amide bonds. The van der Waals surface area contributed by atoms with Gasteiger partial charge in [0.05, 0.1) is 0 Å². The zero-order chi connectivity index (χ0) is 19.4. The molecule has 0 saturated heterocycles. The van der Waals surface area contributed by atoms with Gasteiger partial charge in [0.2, 0.25) is 0 Å². The second-order valence-electron chi connectivity index (χ2n) is 6.36. The van der Waals surface area contributed by atoms with Crippen molar-refractivity contribution >= 4 is 35.0 Å². The number of alkyl halides is 3. The van der Waals surface area contributed by atoms with Gasteiger partial charge in [-0.3, -0.25) is 0 Å². The molecule has 0 atom stereocenters. The number of hydrogen-bond acceptors (Lipinski definition) is 7. The maximum Gasteiger partial charge on any atom is 0.431 e. The maximum atomic E-state index is 13.6. The van der Waals surface area contributed by atoms with Crippen LogP contribution in [0.5, 0.6) is 0 Å². The quantitative estimate of drug-likeness (QED) is 0.437. The van der Waals surface area contributed by atoms with Crippen molar-refractivity contribution in [3.8, 4) is 0 Å². The minimum absolute atomic E-state index is 0.0521. The third-order valence-corrected chi connectivity index (χ3v) is 5.48. The standard InChI is InChI=1S/C16H20F3N7S/c17-16(18,19)14(22-10-4-2-1-3-5-10)9(7-20)8-27-11-6-12(21)23-15-13(11)24-26-25-15/h6-7,10,20,22H,1-5,8H2,(H3,21,23,24,25,26)/b14-9+,20-7?. The third-order valence-electron chi connectivity index (χ3n) is 4.40. The number of allylic oxidation sites excluding steroid dienone is 1. The lowest BCUT2D eigenvalue weighted by Crippen LogP contribution is -2.37. The average molecular weight is 399 g/mol. The van der Waals surface area contributed by atoms with Gasteiger partial charge in [-0.15, -0.1) is 16.9 Å². The van der Waals surface area contributed by atoms with Gasteiger partial charge in [-0.25, -0.2) is 10.1 Å². The van der Waals surface area contributed by atoms with Crippen molar-refractivity contribution in [1.29, 1.82) is 5.41 Å². The molecule has 0 aliphatic heterocycles. The number of aromatic amines is 1. The van der Waals surface area contributed by atoms with Crippen LogP contribution in [0.2, 0.25) is 0 Å². The molecule has 0 unspecified atom stereocenters. The number of aromatic nitrogens is 4. The summed E-state index contributed by atoms with van der Waals surface area (Å²) in [7, 11) is 0. The Balaban J connectivity index is 1.84. The number of nitrogens with one attached hydrogen (secondary N) is 3. The summed E-state index contributed by atoms with van der Waals surface area (Å²) in [6, 6.07) is 1.33. The van der Waals surface area contributed by atoms with Gasteiger partial charge in [0.15, 0.2) is 5.65 Å². The second kappa shape index (κ2) is 8.15. The number of fused-ring (bicyclic) bond motifs is 1. The Morgan fingerprint density at radius 2 is 2.11 bits per heavy atom. The molecule has 1 saturated carbocycles. The molecule has 1 fully saturated rings. The summed E-state index contributed by atoms with van der Waals surface area (Å²) >= 11 is 1.12. The van der Waals surface area contributed by atoms with Crippen molar-refractivity contribution in [2.45, 2.75) is 49.2 Å². The molecule has 11 heteroatoms. The van der Waals surface area contributed by atoms with Crippen LogP contribution in [0.25, 0.3) is 11.2 Å². The number of nitrogen functional groups attached to an aromatic ring is 1. The van der Waals surface area contributed by atoms with E-state index in [1.165, 1.54) is 0 Å². The van der Waals surface area contributed by atoms with E-state index in [1.54, 1.807) is 6.07 Å². The molecule has 1 aliphatic rings. The Morgan fingerprint density at radius 1 is 1.37 bits per heavy atom. The highest BCUT2D eigenvalue weighted by atomic mass is 32.2. The highest BCUT2D eigenvalue weighted by Gasteiger charge is 2.37. The van der Waals surface area contributed by atoms with Crippen molar-refractivity contribution < 1.29 is 13.2 Å². The smallest absolute Gasteiger partial charge is 0.384 e. The van der Waals surface area contributed by atoms with Gasteiger partial charge in [0.25, 0.3) is 0 Å². The molecule has 2 heterocycles. The Morgan fingerprint density at radius 3 is 2.78 bits per heavy atom. The number of nitrogens with zero attached hydrogens (tertiary/aromatic N) is 3. The van der Waals surface area contributed by atoms with Crippen molar-refractivity contribution in [3.63, 3.8) is 0 Å². The maximum absolute atomic E-state index is 13.6. The topological polar surface area (TPSA) is 116 Å². The van der Waals surface area contributed by atoms with E-state index in [2.05, 4.69) is 25.7 Å². The summed E-state index contributed by atoms with van der Waals surface area (Å²) in [5, 5.41) is 20.3. The lowest BCUT2D eigenvalue weighted by molar-refractivity contribution is -0.0986. The first kappa shape index (κ1) is 19.5. The number of H-pyrrole nitrogens is 1. The van der Waals surface area contributed by atoms with Crippen molar-refractivity contribution in [1.82, 2.24) is 25.7 Å².